The quantitative estimate of drug-likeness (QED) is 0.570. The highest BCUT2D eigenvalue weighted by Gasteiger charge is 1.99. The Kier molecular flexibility index (Phi) is 3.23. The van der Waals surface area contributed by atoms with Crippen molar-refractivity contribution in [3.8, 4) is 5.75 Å². The summed E-state index contributed by atoms with van der Waals surface area (Å²) >= 11 is 1.68. The van der Waals surface area contributed by atoms with Gasteiger partial charge in [0.15, 0.2) is 0 Å². The van der Waals surface area contributed by atoms with Crippen LogP contribution in [-0.2, 0) is 0 Å². The molecule has 0 aromatic heterocycles. The standard InChI is InChI=1S/C10H12OS/c1-3-8(2)12-10-6-4-5-9(11)7-10/h3-8,11H,1H2,2H3. The number of phenols is 1. The minimum absolute atomic E-state index is 0.316. The molecule has 0 aliphatic heterocycles. The van der Waals surface area contributed by atoms with Gasteiger partial charge >= 0.3 is 0 Å². The summed E-state index contributed by atoms with van der Waals surface area (Å²) < 4.78 is 0. The molecule has 1 N–H and O–H groups in total. The van der Waals surface area contributed by atoms with Crippen LogP contribution in [0.15, 0.2) is 41.8 Å². The van der Waals surface area contributed by atoms with Crippen LogP contribution in [-0.4, -0.2) is 10.4 Å². The lowest BCUT2D eigenvalue weighted by Gasteiger charge is -2.04. The zero-order valence-corrected chi connectivity index (χ0v) is 7.84. The van der Waals surface area contributed by atoms with Gasteiger partial charge in [-0.25, -0.2) is 0 Å². The van der Waals surface area contributed by atoms with Crippen LogP contribution in [0.25, 0.3) is 0 Å². The first kappa shape index (κ1) is 9.20. The van der Waals surface area contributed by atoms with E-state index in [1.54, 1.807) is 23.9 Å². The van der Waals surface area contributed by atoms with Gasteiger partial charge in [0, 0.05) is 10.1 Å². The third kappa shape index (κ3) is 2.62. The second-order valence-electron chi connectivity index (χ2n) is 2.56. The maximum atomic E-state index is 9.16. The van der Waals surface area contributed by atoms with Gasteiger partial charge in [0.2, 0.25) is 0 Å². The molecule has 0 saturated heterocycles. The van der Waals surface area contributed by atoms with Crippen LogP contribution in [0.1, 0.15) is 6.92 Å². The van der Waals surface area contributed by atoms with Crippen molar-refractivity contribution in [1.82, 2.24) is 0 Å². The van der Waals surface area contributed by atoms with Crippen LogP contribution in [0, 0.1) is 0 Å². The van der Waals surface area contributed by atoms with E-state index in [0.29, 0.717) is 11.0 Å². The van der Waals surface area contributed by atoms with Crippen molar-refractivity contribution in [3.63, 3.8) is 0 Å². The van der Waals surface area contributed by atoms with Crippen LogP contribution >= 0.6 is 11.8 Å². The first-order chi connectivity index (χ1) is 5.72. The summed E-state index contributed by atoms with van der Waals surface area (Å²) in [6.45, 7) is 5.77. The smallest absolute Gasteiger partial charge is 0.116 e. The van der Waals surface area contributed by atoms with E-state index in [9.17, 15) is 0 Å². The second kappa shape index (κ2) is 4.21. The lowest BCUT2D eigenvalue weighted by Crippen LogP contribution is -1.87. The van der Waals surface area contributed by atoms with Crippen molar-refractivity contribution in [2.45, 2.75) is 17.1 Å². The molecule has 64 valence electrons. The maximum Gasteiger partial charge on any atom is 0.116 e. The normalized spacial score (nSPS) is 12.4. The van der Waals surface area contributed by atoms with Gasteiger partial charge in [-0.1, -0.05) is 12.1 Å². The molecule has 1 nitrogen and oxygen atoms in total. The lowest BCUT2D eigenvalue weighted by atomic mass is 10.3. The summed E-state index contributed by atoms with van der Waals surface area (Å²) in [6.07, 6.45) is 1.88. The van der Waals surface area contributed by atoms with Gasteiger partial charge in [-0.2, -0.15) is 0 Å². The molecule has 12 heavy (non-hydrogen) atoms. The summed E-state index contributed by atoms with van der Waals surface area (Å²) in [4.78, 5) is 1.07. The molecule has 0 amide bonds. The molecule has 0 radical (unpaired) electrons. The van der Waals surface area contributed by atoms with E-state index < -0.39 is 0 Å². The van der Waals surface area contributed by atoms with Crippen molar-refractivity contribution in [2.75, 3.05) is 0 Å². The summed E-state index contributed by atoms with van der Waals surface area (Å²) in [5.74, 6) is 0.316. The van der Waals surface area contributed by atoms with Gasteiger partial charge in [-0.15, -0.1) is 18.3 Å². The molecule has 0 fully saturated rings. The molecule has 1 aromatic carbocycles. The Hall–Kier alpha value is -0.890. The molecule has 0 bridgehead atoms. The van der Waals surface area contributed by atoms with Crippen LogP contribution in [0.4, 0.5) is 0 Å². The van der Waals surface area contributed by atoms with Crippen LogP contribution in [0.3, 0.4) is 0 Å². The Balaban J connectivity index is 2.69. The molecule has 1 unspecified atom stereocenters. The van der Waals surface area contributed by atoms with Crippen LogP contribution in [0.2, 0.25) is 0 Å². The van der Waals surface area contributed by atoms with E-state index in [-0.39, 0.29) is 0 Å². The number of hydrogen-bond acceptors (Lipinski definition) is 2. The summed E-state index contributed by atoms with van der Waals surface area (Å²) in [5, 5.41) is 9.54. The highest BCUT2D eigenvalue weighted by molar-refractivity contribution is 8.00. The summed E-state index contributed by atoms with van der Waals surface area (Å²) in [7, 11) is 0. The number of benzene rings is 1. The first-order valence-electron chi connectivity index (χ1n) is 3.80. The number of thioether (sulfide) groups is 1. The van der Waals surface area contributed by atoms with E-state index in [1.807, 2.05) is 18.2 Å². The number of rotatable bonds is 3. The first-order valence-corrected chi connectivity index (χ1v) is 4.68. The monoisotopic (exact) mass is 180 g/mol. The Morgan fingerprint density at radius 2 is 2.33 bits per heavy atom. The van der Waals surface area contributed by atoms with Gasteiger partial charge in [0.05, 0.1) is 0 Å². The van der Waals surface area contributed by atoms with E-state index in [4.69, 9.17) is 5.11 Å². The Labute approximate surface area is 77.1 Å². The molecule has 1 atom stereocenters. The third-order valence-electron chi connectivity index (χ3n) is 1.47. The van der Waals surface area contributed by atoms with E-state index in [1.165, 1.54) is 0 Å². The fourth-order valence-corrected chi connectivity index (χ4v) is 1.69. The number of aromatic hydroxyl groups is 1. The van der Waals surface area contributed by atoms with E-state index >= 15 is 0 Å². The summed E-state index contributed by atoms with van der Waals surface area (Å²) in [5.41, 5.74) is 0. The fourth-order valence-electron chi connectivity index (χ4n) is 0.820. The van der Waals surface area contributed by atoms with Gasteiger partial charge in [0.1, 0.15) is 5.75 Å². The largest absolute Gasteiger partial charge is 0.508 e. The highest BCUT2D eigenvalue weighted by atomic mass is 32.2. The molecule has 0 spiro atoms. The van der Waals surface area contributed by atoms with Crippen molar-refractivity contribution in [2.24, 2.45) is 0 Å². The van der Waals surface area contributed by atoms with Gasteiger partial charge in [0.25, 0.3) is 0 Å². The minimum Gasteiger partial charge on any atom is -0.508 e. The Morgan fingerprint density at radius 1 is 1.58 bits per heavy atom. The summed E-state index contributed by atoms with van der Waals surface area (Å²) in [6, 6.07) is 7.24. The maximum absolute atomic E-state index is 9.16. The topological polar surface area (TPSA) is 20.2 Å². The van der Waals surface area contributed by atoms with Crippen molar-refractivity contribution >= 4 is 11.8 Å². The zero-order chi connectivity index (χ0) is 8.97. The van der Waals surface area contributed by atoms with E-state index in [0.717, 1.165) is 4.90 Å². The predicted octanol–water partition coefficient (Wildman–Crippen LogP) is 3.06. The predicted molar refractivity (Wildman–Crippen MR) is 53.6 cm³/mol. The van der Waals surface area contributed by atoms with Gasteiger partial charge in [-0.05, 0) is 25.1 Å². The zero-order valence-electron chi connectivity index (χ0n) is 7.03. The number of hydrogen-bond donors (Lipinski definition) is 1. The van der Waals surface area contributed by atoms with Crippen molar-refractivity contribution in [1.29, 1.82) is 0 Å². The van der Waals surface area contributed by atoms with Gasteiger partial charge in [-0.3, -0.25) is 0 Å². The fraction of sp³-hybridized carbons (Fsp3) is 0.200. The van der Waals surface area contributed by atoms with Crippen molar-refractivity contribution < 1.29 is 5.11 Å². The molecule has 1 rings (SSSR count). The molecule has 0 aliphatic carbocycles. The minimum atomic E-state index is 0.316. The average Bonchev–Trinajstić information content (AvgIpc) is 2.04. The van der Waals surface area contributed by atoms with E-state index in [2.05, 4.69) is 13.5 Å². The molecule has 0 heterocycles. The molecule has 0 aliphatic rings. The average molecular weight is 180 g/mol. The molecule has 0 saturated carbocycles. The number of phenolic OH excluding ortho intramolecular Hbond substituents is 1. The second-order valence-corrected chi connectivity index (χ2v) is 4.01. The van der Waals surface area contributed by atoms with Crippen LogP contribution < -0.4 is 0 Å². The Morgan fingerprint density at radius 3 is 2.92 bits per heavy atom. The lowest BCUT2D eigenvalue weighted by molar-refractivity contribution is 0.474. The SMILES string of the molecule is C=CC(C)Sc1cccc(O)c1. The highest BCUT2D eigenvalue weighted by Crippen LogP contribution is 2.26. The molecular weight excluding hydrogens is 168 g/mol. The molecule has 1 aromatic rings. The Bertz CT molecular complexity index is 270. The van der Waals surface area contributed by atoms with Crippen molar-refractivity contribution in [3.05, 3.63) is 36.9 Å². The van der Waals surface area contributed by atoms with Gasteiger partial charge < -0.3 is 5.11 Å². The molecular formula is C10H12OS. The van der Waals surface area contributed by atoms with Crippen LogP contribution in [0.5, 0.6) is 5.75 Å². The molecule has 2 heteroatoms. The third-order valence-corrected chi connectivity index (χ3v) is 2.56.